The van der Waals surface area contributed by atoms with E-state index < -0.39 is 39.0 Å². The van der Waals surface area contributed by atoms with Gasteiger partial charge < -0.3 is 20.3 Å². The van der Waals surface area contributed by atoms with Gasteiger partial charge in [-0.1, -0.05) is 25.5 Å². The smallest absolute Gasteiger partial charge is 0.310 e. The Morgan fingerprint density at radius 2 is 1.80 bits per heavy atom. The third-order valence-corrected chi connectivity index (χ3v) is 8.06. The van der Waals surface area contributed by atoms with Crippen molar-refractivity contribution in [2.45, 2.75) is 42.3 Å². The van der Waals surface area contributed by atoms with E-state index in [1.807, 2.05) is 0 Å². The summed E-state index contributed by atoms with van der Waals surface area (Å²) in [6, 6.07) is 2.43. The molecule has 4 rings (SSSR count). The molecule has 1 aromatic heterocycles. The number of nitrogens with one attached hydrogen (secondary N) is 2. The maximum Gasteiger partial charge on any atom is 0.310 e. The van der Waals surface area contributed by atoms with Gasteiger partial charge in [0, 0.05) is 50.4 Å². The molecule has 1 aromatic carbocycles. The first kappa shape index (κ1) is 29.7. The monoisotopic (exact) mass is 591 g/mol. The lowest BCUT2D eigenvalue weighted by atomic mass is 10.0. The van der Waals surface area contributed by atoms with Crippen LogP contribution < -0.4 is 15.5 Å². The van der Waals surface area contributed by atoms with Crippen LogP contribution in [0.3, 0.4) is 0 Å². The van der Waals surface area contributed by atoms with Crippen LogP contribution in [0.4, 0.5) is 25.1 Å². The summed E-state index contributed by atoms with van der Waals surface area (Å²) in [5.41, 5.74) is -0.0341. The van der Waals surface area contributed by atoms with E-state index >= 15 is 0 Å². The Morgan fingerprint density at radius 3 is 2.35 bits per heavy atom. The molecule has 2 N–H and O–H groups in total. The van der Waals surface area contributed by atoms with E-state index in [1.54, 1.807) is 4.90 Å². The minimum Gasteiger partial charge on any atom is -0.380 e. The van der Waals surface area contributed by atoms with Crippen LogP contribution in [0.1, 0.15) is 30.9 Å². The number of hydrogen-bond acceptors (Lipinski definition) is 6. The van der Waals surface area contributed by atoms with Gasteiger partial charge in [0.15, 0.2) is 0 Å². The van der Waals surface area contributed by atoms with Crippen LogP contribution in [0.15, 0.2) is 53.7 Å². The minimum absolute atomic E-state index is 0.187. The maximum absolute atomic E-state index is 13.9. The van der Waals surface area contributed by atoms with Gasteiger partial charge in [0.1, 0.15) is 10.9 Å². The third kappa shape index (κ3) is 6.88. The Labute approximate surface area is 227 Å². The first-order chi connectivity index (χ1) is 18.7. The fourth-order valence-electron chi connectivity index (χ4n) is 4.80. The molecule has 0 radical (unpaired) electrons. The highest BCUT2D eigenvalue weighted by Gasteiger charge is 2.65. The lowest BCUT2D eigenvalue weighted by Crippen LogP contribution is -2.51. The molecule has 220 valence electrons. The summed E-state index contributed by atoms with van der Waals surface area (Å²) < 4.78 is 72.3. The van der Waals surface area contributed by atoms with E-state index in [-0.39, 0.29) is 48.4 Å². The molecule has 0 saturated carbocycles. The van der Waals surface area contributed by atoms with Crippen molar-refractivity contribution in [3.8, 4) is 0 Å². The lowest BCUT2D eigenvalue weighted by molar-refractivity contribution is -0.132. The lowest BCUT2D eigenvalue weighted by Gasteiger charge is -2.41. The van der Waals surface area contributed by atoms with Crippen LogP contribution >= 0.6 is 10.2 Å². The van der Waals surface area contributed by atoms with Gasteiger partial charge in [0.2, 0.25) is 17.7 Å². The Hall–Kier alpha value is -3.30. The molecule has 3 atom stereocenters. The SMILES string of the molecule is CO[C@H]1CN[C@@H](C(=O)N(c2ccc(S(F)(F)(F)(F)F)cc2)C(C(=O)NCC(=O)N2CCCC2)c2cccnc2)C1. The van der Waals surface area contributed by atoms with E-state index in [1.165, 1.54) is 31.6 Å². The zero-order chi connectivity index (χ0) is 29.2. The topological polar surface area (TPSA) is 104 Å². The fourth-order valence-corrected chi connectivity index (χ4v) is 5.45. The van der Waals surface area contributed by atoms with E-state index in [0.29, 0.717) is 19.6 Å². The summed E-state index contributed by atoms with van der Waals surface area (Å²) in [5.74, 6) is -1.82. The average molecular weight is 592 g/mol. The summed E-state index contributed by atoms with van der Waals surface area (Å²) in [4.78, 5) is 44.4. The molecule has 1 unspecified atom stereocenters. The minimum atomic E-state index is -9.99. The molecule has 15 heteroatoms. The van der Waals surface area contributed by atoms with Gasteiger partial charge in [-0.15, -0.1) is 0 Å². The maximum atomic E-state index is 13.9. The van der Waals surface area contributed by atoms with E-state index in [4.69, 9.17) is 4.74 Å². The van der Waals surface area contributed by atoms with E-state index in [0.717, 1.165) is 29.9 Å². The number of benzene rings is 1. The molecule has 3 heterocycles. The number of anilines is 1. The molecule has 40 heavy (non-hydrogen) atoms. The molecule has 2 aromatic rings. The number of carbonyl (C=O) groups is 3. The van der Waals surface area contributed by atoms with E-state index in [9.17, 15) is 33.8 Å². The van der Waals surface area contributed by atoms with Crippen molar-refractivity contribution in [1.82, 2.24) is 20.5 Å². The van der Waals surface area contributed by atoms with Gasteiger partial charge in [-0.25, -0.2) is 0 Å². The molecule has 0 bridgehead atoms. The standard InChI is InChI=1S/C25H30F5N5O4S/c1-39-19-13-21(32-15-19)25(38)35(18-6-8-20(9-7-18)40(26,27,28,29)30)23(17-5-4-10-31-14-17)24(37)33-16-22(36)34-11-2-3-12-34/h4-10,14,19,21,23,32H,2-3,11-13,15-16H2,1H3,(H,33,37)/t19-,21-,23?/m1/s1. The molecule has 2 aliphatic rings. The number of carbonyl (C=O) groups excluding carboxylic acids is 3. The number of ether oxygens (including phenoxy) is 1. The van der Waals surface area contributed by atoms with E-state index in [2.05, 4.69) is 15.6 Å². The molecular weight excluding hydrogens is 561 g/mol. The number of hydrogen-bond donors (Lipinski definition) is 2. The summed E-state index contributed by atoms with van der Waals surface area (Å²) >= 11 is 0. The Kier molecular flexibility index (Phi) is 7.86. The number of methoxy groups -OCH3 is 1. The zero-order valence-electron chi connectivity index (χ0n) is 21.6. The summed E-state index contributed by atoms with van der Waals surface area (Å²) in [5, 5.41) is 5.50. The van der Waals surface area contributed by atoms with Crippen molar-refractivity contribution in [3.63, 3.8) is 0 Å². The second-order valence-corrected chi connectivity index (χ2v) is 12.1. The number of halogens is 5. The van der Waals surface area contributed by atoms with Crippen LogP contribution in [0.5, 0.6) is 0 Å². The van der Waals surface area contributed by atoms with Crippen LogP contribution in [-0.2, 0) is 19.1 Å². The quantitative estimate of drug-likeness (QED) is 0.429. The van der Waals surface area contributed by atoms with Crippen molar-refractivity contribution < 1.29 is 38.5 Å². The van der Waals surface area contributed by atoms with Crippen molar-refractivity contribution in [2.24, 2.45) is 0 Å². The fraction of sp³-hybridized carbons (Fsp3) is 0.440. The van der Waals surface area contributed by atoms with Crippen LogP contribution in [0.2, 0.25) is 0 Å². The molecule has 0 spiro atoms. The summed E-state index contributed by atoms with van der Waals surface area (Å²) in [6.45, 7) is 1.04. The summed E-state index contributed by atoms with van der Waals surface area (Å²) in [6.07, 6.45) is 4.26. The molecule has 3 amide bonds. The molecule has 9 nitrogen and oxygen atoms in total. The van der Waals surface area contributed by atoms with Gasteiger partial charge in [-0.2, -0.15) is 0 Å². The van der Waals surface area contributed by atoms with Crippen molar-refractivity contribution in [3.05, 3.63) is 54.4 Å². The van der Waals surface area contributed by atoms with Crippen molar-refractivity contribution >= 4 is 33.6 Å². The average Bonchev–Trinajstić information content (AvgIpc) is 3.62. The van der Waals surface area contributed by atoms with Gasteiger partial charge in [-0.3, -0.25) is 24.3 Å². The number of rotatable bonds is 9. The molecule has 2 saturated heterocycles. The normalized spacial score (nSPS) is 21.8. The van der Waals surface area contributed by atoms with Crippen LogP contribution in [-0.4, -0.2) is 73.0 Å². The predicted octanol–water partition coefficient (Wildman–Crippen LogP) is 3.93. The van der Waals surface area contributed by atoms with Gasteiger partial charge in [0.05, 0.1) is 18.7 Å². The first-order valence-corrected chi connectivity index (χ1v) is 14.5. The number of aromatic nitrogens is 1. The van der Waals surface area contributed by atoms with Crippen LogP contribution in [0.25, 0.3) is 0 Å². The highest BCUT2D eigenvalue weighted by molar-refractivity contribution is 8.45. The first-order valence-electron chi connectivity index (χ1n) is 12.6. The molecule has 0 aliphatic carbocycles. The Bertz CT molecular complexity index is 1250. The van der Waals surface area contributed by atoms with Gasteiger partial charge in [0.25, 0.3) is 0 Å². The highest BCUT2D eigenvalue weighted by atomic mass is 32.5. The second kappa shape index (κ2) is 10.6. The zero-order valence-corrected chi connectivity index (χ0v) is 22.4. The molecule has 2 aliphatic heterocycles. The van der Waals surface area contributed by atoms with Gasteiger partial charge in [-0.05, 0) is 49.6 Å². The Morgan fingerprint density at radius 1 is 1.12 bits per heavy atom. The number of likely N-dealkylation sites (tertiary alicyclic amines) is 1. The van der Waals surface area contributed by atoms with Crippen LogP contribution in [0, 0.1) is 0 Å². The van der Waals surface area contributed by atoms with Crippen molar-refractivity contribution in [1.29, 1.82) is 0 Å². The third-order valence-electron chi connectivity index (χ3n) is 6.90. The number of nitrogens with zero attached hydrogens (tertiary/aromatic N) is 3. The Balaban J connectivity index is 1.73. The highest BCUT2D eigenvalue weighted by Crippen LogP contribution is 3.02. The van der Waals surface area contributed by atoms with Gasteiger partial charge >= 0.3 is 10.2 Å². The second-order valence-electron chi connectivity index (χ2n) is 9.72. The largest absolute Gasteiger partial charge is 0.380 e. The predicted molar refractivity (Wildman–Crippen MR) is 138 cm³/mol. The molecule has 2 fully saturated rings. The number of amides is 3. The summed E-state index contributed by atoms with van der Waals surface area (Å²) in [7, 11) is -8.54. The number of pyridine rings is 1. The molecular formula is C25H30F5N5O4S. The van der Waals surface area contributed by atoms with Crippen molar-refractivity contribution in [2.75, 3.05) is 38.2 Å².